The Kier molecular flexibility index (Phi) is 5.84. The second-order valence-corrected chi connectivity index (χ2v) is 6.65. The molecule has 8 heteroatoms. The summed E-state index contributed by atoms with van der Waals surface area (Å²) in [5, 5.41) is 0.511. The van der Waals surface area contributed by atoms with Crippen LogP contribution in [0.4, 0.5) is 0 Å². The van der Waals surface area contributed by atoms with Crippen molar-refractivity contribution in [2.45, 2.75) is 13.5 Å². The molecule has 7 nitrogen and oxygen atoms in total. The van der Waals surface area contributed by atoms with Gasteiger partial charge in [0.25, 0.3) is 5.91 Å². The van der Waals surface area contributed by atoms with E-state index in [4.69, 9.17) is 16.3 Å². The maximum absolute atomic E-state index is 12.7. The Morgan fingerprint density at radius 1 is 1.21 bits per heavy atom. The molecule has 0 spiro atoms. The van der Waals surface area contributed by atoms with Gasteiger partial charge in [-0.15, -0.1) is 0 Å². The molecule has 0 atom stereocenters. The fraction of sp³-hybridized carbons (Fsp3) is 0.250. The summed E-state index contributed by atoms with van der Waals surface area (Å²) in [6, 6.07) is 12.0. The third kappa shape index (κ3) is 3.94. The normalized spacial score (nSPS) is 10.8. The molecule has 0 bridgehead atoms. The maximum Gasteiger partial charge on any atom is 0.316 e. The van der Waals surface area contributed by atoms with Gasteiger partial charge in [-0.3, -0.25) is 14.4 Å². The van der Waals surface area contributed by atoms with Crippen molar-refractivity contribution < 1.29 is 9.53 Å². The van der Waals surface area contributed by atoms with Crippen molar-refractivity contribution in [2.75, 3.05) is 20.2 Å². The Hall–Kier alpha value is -3.06. The first-order valence-corrected chi connectivity index (χ1v) is 9.20. The second-order valence-electron chi connectivity index (χ2n) is 6.24. The summed E-state index contributed by atoms with van der Waals surface area (Å²) in [5.41, 5.74) is 0.111. The lowest BCUT2D eigenvalue weighted by Gasteiger charge is -2.18. The minimum Gasteiger partial charge on any atom is -0.490 e. The zero-order valence-corrected chi connectivity index (χ0v) is 16.3. The molecule has 2 aromatic carbocycles. The largest absolute Gasteiger partial charge is 0.490 e. The maximum atomic E-state index is 12.7. The van der Waals surface area contributed by atoms with Gasteiger partial charge in [0.2, 0.25) is 0 Å². The molecule has 0 saturated heterocycles. The fourth-order valence-electron chi connectivity index (χ4n) is 2.90. The molecule has 0 aliphatic heterocycles. The molecule has 1 heterocycles. The highest BCUT2D eigenvalue weighted by Crippen LogP contribution is 2.23. The molecular weight excluding hydrogens is 382 g/mol. The molecule has 3 rings (SSSR count). The monoisotopic (exact) mass is 401 g/mol. The van der Waals surface area contributed by atoms with Crippen LogP contribution in [0.2, 0.25) is 5.02 Å². The van der Waals surface area contributed by atoms with Crippen LogP contribution in [0.1, 0.15) is 17.3 Å². The van der Waals surface area contributed by atoms with Gasteiger partial charge in [0.15, 0.2) is 0 Å². The average Bonchev–Trinajstić information content (AvgIpc) is 2.69. The lowest BCUT2D eigenvalue weighted by Crippen LogP contribution is -2.36. The number of H-pyrrole nitrogens is 1. The molecule has 0 radical (unpaired) electrons. The van der Waals surface area contributed by atoms with Crippen LogP contribution < -0.4 is 15.9 Å². The standard InChI is InChI=1S/C20H20ClN3O4/c1-3-24-16-9-8-13(12-15(16)22-18(25)20(24)27)19(26)23(2)10-11-28-17-7-5-4-6-14(17)21/h4-9,12H,3,10-11H2,1-2H3,(H,22,25). The Morgan fingerprint density at radius 3 is 2.68 bits per heavy atom. The van der Waals surface area contributed by atoms with E-state index in [0.29, 0.717) is 40.5 Å². The number of halogens is 1. The summed E-state index contributed by atoms with van der Waals surface area (Å²) in [7, 11) is 1.66. The molecule has 1 aromatic heterocycles. The van der Waals surface area contributed by atoms with Gasteiger partial charge in [-0.1, -0.05) is 23.7 Å². The highest BCUT2D eigenvalue weighted by atomic mass is 35.5. The summed E-state index contributed by atoms with van der Waals surface area (Å²) < 4.78 is 6.99. The fourth-order valence-corrected chi connectivity index (χ4v) is 3.09. The summed E-state index contributed by atoms with van der Waals surface area (Å²) in [6.45, 7) is 2.79. The highest BCUT2D eigenvalue weighted by Gasteiger charge is 2.14. The molecule has 0 fully saturated rings. The zero-order valence-electron chi connectivity index (χ0n) is 15.6. The molecule has 28 heavy (non-hydrogen) atoms. The van der Waals surface area contributed by atoms with Gasteiger partial charge in [-0.05, 0) is 37.3 Å². The average molecular weight is 402 g/mol. The van der Waals surface area contributed by atoms with E-state index in [0.717, 1.165) is 0 Å². The van der Waals surface area contributed by atoms with Crippen LogP contribution in [-0.4, -0.2) is 40.6 Å². The number of aryl methyl sites for hydroxylation is 1. The van der Waals surface area contributed by atoms with Crippen molar-refractivity contribution in [3.63, 3.8) is 0 Å². The Balaban J connectivity index is 1.75. The second kappa shape index (κ2) is 8.31. The van der Waals surface area contributed by atoms with Crippen LogP contribution in [0.5, 0.6) is 5.75 Å². The van der Waals surface area contributed by atoms with E-state index in [1.54, 1.807) is 44.3 Å². The molecule has 146 valence electrons. The number of carbonyl (C=O) groups is 1. The predicted octanol–water partition coefficient (Wildman–Crippen LogP) is 2.51. The molecule has 3 aromatic rings. The summed E-state index contributed by atoms with van der Waals surface area (Å²) in [4.78, 5) is 40.5. The van der Waals surface area contributed by atoms with Crippen LogP contribution in [0.15, 0.2) is 52.1 Å². The number of aromatic nitrogens is 2. The van der Waals surface area contributed by atoms with E-state index in [9.17, 15) is 14.4 Å². The van der Waals surface area contributed by atoms with Gasteiger partial charge in [0.05, 0.1) is 22.6 Å². The van der Waals surface area contributed by atoms with Crippen molar-refractivity contribution in [3.8, 4) is 5.75 Å². The number of carbonyl (C=O) groups excluding carboxylic acids is 1. The lowest BCUT2D eigenvalue weighted by molar-refractivity contribution is 0.0774. The number of nitrogens with one attached hydrogen (secondary N) is 1. The highest BCUT2D eigenvalue weighted by molar-refractivity contribution is 6.32. The van der Waals surface area contributed by atoms with Gasteiger partial charge in [-0.25, -0.2) is 0 Å². The summed E-state index contributed by atoms with van der Waals surface area (Å²) in [6.07, 6.45) is 0. The van der Waals surface area contributed by atoms with Crippen LogP contribution in [0.25, 0.3) is 11.0 Å². The Labute approximate surface area is 166 Å². The molecule has 0 unspecified atom stereocenters. The molecular formula is C20H20ClN3O4. The number of para-hydroxylation sites is 1. The van der Waals surface area contributed by atoms with Crippen molar-refractivity contribution >= 4 is 28.5 Å². The van der Waals surface area contributed by atoms with Crippen LogP contribution in [-0.2, 0) is 6.54 Å². The number of ether oxygens (including phenoxy) is 1. The van der Waals surface area contributed by atoms with E-state index in [1.807, 2.05) is 12.1 Å². The smallest absolute Gasteiger partial charge is 0.316 e. The van der Waals surface area contributed by atoms with Crippen molar-refractivity contribution in [1.82, 2.24) is 14.5 Å². The van der Waals surface area contributed by atoms with Gasteiger partial charge in [0, 0.05) is 19.2 Å². The van der Waals surface area contributed by atoms with Crippen molar-refractivity contribution in [1.29, 1.82) is 0 Å². The zero-order chi connectivity index (χ0) is 20.3. The molecule has 1 N–H and O–H groups in total. The predicted molar refractivity (Wildman–Crippen MR) is 108 cm³/mol. The quantitative estimate of drug-likeness (QED) is 0.643. The molecule has 0 saturated carbocycles. The number of hydrogen-bond acceptors (Lipinski definition) is 4. The van der Waals surface area contributed by atoms with Crippen LogP contribution >= 0.6 is 11.6 Å². The van der Waals surface area contributed by atoms with Gasteiger partial charge < -0.3 is 19.2 Å². The summed E-state index contributed by atoms with van der Waals surface area (Å²) >= 11 is 6.04. The van der Waals surface area contributed by atoms with Crippen LogP contribution in [0, 0.1) is 0 Å². The summed E-state index contributed by atoms with van der Waals surface area (Å²) in [5.74, 6) is 0.339. The van der Waals surface area contributed by atoms with E-state index < -0.39 is 11.1 Å². The Bertz CT molecular complexity index is 1140. The number of aromatic amines is 1. The van der Waals surface area contributed by atoms with Gasteiger partial charge >= 0.3 is 11.1 Å². The van der Waals surface area contributed by atoms with E-state index in [1.165, 1.54) is 9.47 Å². The SMILES string of the molecule is CCn1c(=O)c(=O)[nH]c2cc(C(=O)N(C)CCOc3ccccc3Cl)ccc21. The van der Waals surface area contributed by atoms with Crippen molar-refractivity contribution in [3.05, 3.63) is 73.8 Å². The molecule has 1 amide bonds. The van der Waals surface area contributed by atoms with E-state index >= 15 is 0 Å². The minimum absolute atomic E-state index is 0.222. The first kappa shape index (κ1) is 19.7. The minimum atomic E-state index is -0.708. The van der Waals surface area contributed by atoms with Gasteiger partial charge in [-0.2, -0.15) is 0 Å². The first-order chi connectivity index (χ1) is 13.4. The number of benzene rings is 2. The lowest BCUT2D eigenvalue weighted by atomic mass is 10.1. The molecule has 0 aliphatic carbocycles. The third-order valence-corrected chi connectivity index (χ3v) is 4.72. The van der Waals surface area contributed by atoms with Crippen molar-refractivity contribution in [2.24, 2.45) is 0 Å². The first-order valence-electron chi connectivity index (χ1n) is 8.82. The number of nitrogens with zero attached hydrogens (tertiary/aromatic N) is 2. The number of fused-ring (bicyclic) bond motifs is 1. The molecule has 0 aliphatic rings. The Morgan fingerprint density at radius 2 is 1.96 bits per heavy atom. The van der Waals surface area contributed by atoms with E-state index in [2.05, 4.69) is 4.98 Å². The van der Waals surface area contributed by atoms with Crippen LogP contribution in [0.3, 0.4) is 0 Å². The van der Waals surface area contributed by atoms with E-state index in [-0.39, 0.29) is 12.5 Å². The van der Waals surface area contributed by atoms with Gasteiger partial charge in [0.1, 0.15) is 12.4 Å². The number of likely N-dealkylation sites (N-methyl/N-ethyl adjacent to an activating group) is 1. The topological polar surface area (TPSA) is 84.4 Å². The number of rotatable bonds is 6. The third-order valence-electron chi connectivity index (χ3n) is 4.41. The number of amides is 1. The number of hydrogen-bond donors (Lipinski definition) is 1.